The highest BCUT2D eigenvalue weighted by molar-refractivity contribution is 5.92. The van der Waals surface area contributed by atoms with Gasteiger partial charge in [-0.3, -0.25) is 9.78 Å². The maximum absolute atomic E-state index is 12.3. The number of pyridine rings is 1. The highest BCUT2D eigenvalue weighted by atomic mass is 35.5. The molecule has 2 rings (SSSR count). The van der Waals surface area contributed by atoms with E-state index in [4.69, 9.17) is 0 Å². The molecule has 1 saturated heterocycles. The zero-order valence-corrected chi connectivity index (χ0v) is 12.6. The Labute approximate surface area is 132 Å². The monoisotopic (exact) mass is 345 g/mol. The van der Waals surface area contributed by atoms with Crippen molar-refractivity contribution in [2.45, 2.75) is 25.1 Å². The van der Waals surface area contributed by atoms with Crippen LogP contribution >= 0.6 is 24.8 Å². The van der Waals surface area contributed by atoms with Gasteiger partial charge in [0.1, 0.15) is 5.69 Å². The van der Waals surface area contributed by atoms with Crippen molar-refractivity contribution >= 4 is 30.7 Å². The fourth-order valence-electron chi connectivity index (χ4n) is 1.93. The van der Waals surface area contributed by atoms with Gasteiger partial charge in [-0.15, -0.1) is 24.8 Å². The standard InChI is InChI=1S/C12H14F3N3O.2ClH/c13-12(14,15)8-3-4-10(17-6-8)11(19)18-7-9-2-1-5-16-9;;/h3-4,6,9,16H,1-2,5,7H2,(H,18,19);2*1H. The van der Waals surface area contributed by atoms with E-state index in [9.17, 15) is 18.0 Å². The molecule has 1 aromatic rings. The zero-order chi connectivity index (χ0) is 13.9. The first-order chi connectivity index (χ1) is 8.97. The van der Waals surface area contributed by atoms with Crippen LogP contribution in [-0.2, 0) is 6.18 Å². The third kappa shape index (κ3) is 5.68. The van der Waals surface area contributed by atoms with E-state index in [1.165, 1.54) is 0 Å². The number of nitrogens with one attached hydrogen (secondary N) is 2. The summed E-state index contributed by atoms with van der Waals surface area (Å²) in [6, 6.07) is 2.18. The van der Waals surface area contributed by atoms with Crippen LogP contribution in [0.5, 0.6) is 0 Å². The molecule has 0 spiro atoms. The van der Waals surface area contributed by atoms with Crippen molar-refractivity contribution in [2.75, 3.05) is 13.1 Å². The number of hydrogen-bond acceptors (Lipinski definition) is 3. The van der Waals surface area contributed by atoms with E-state index in [1.54, 1.807) is 0 Å². The summed E-state index contributed by atoms with van der Waals surface area (Å²) in [6.07, 6.45) is -1.71. The predicted molar refractivity (Wildman–Crippen MR) is 77.1 cm³/mol. The van der Waals surface area contributed by atoms with E-state index in [0.29, 0.717) is 12.7 Å². The number of amides is 1. The summed E-state index contributed by atoms with van der Waals surface area (Å²) in [5, 5.41) is 5.86. The number of alkyl halides is 3. The largest absolute Gasteiger partial charge is 0.417 e. The number of aromatic nitrogens is 1. The summed E-state index contributed by atoms with van der Waals surface area (Å²) in [5.74, 6) is -0.456. The summed E-state index contributed by atoms with van der Waals surface area (Å²) >= 11 is 0. The van der Waals surface area contributed by atoms with Crippen LogP contribution in [-0.4, -0.2) is 30.0 Å². The molecule has 1 atom stereocenters. The molecule has 1 aliphatic heterocycles. The Balaban J connectivity index is 0.00000200. The van der Waals surface area contributed by atoms with E-state index >= 15 is 0 Å². The Kier molecular flexibility index (Phi) is 7.99. The maximum atomic E-state index is 12.3. The van der Waals surface area contributed by atoms with Gasteiger partial charge in [0.15, 0.2) is 0 Å². The molecule has 1 unspecified atom stereocenters. The highest BCUT2D eigenvalue weighted by Crippen LogP contribution is 2.28. The van der Waals surface area contributed by atoms with Gasteiger partial charge in [0.05, 0.1) is 5.56 Å². The Morgan fingerprint density at radius 2 is 2.10 bits per heavy atom. The molecular formula is C12H16Cl2F3N3O. The lowest BCUT2D eigenvalue weighted by molar-refractivity contribution is -0.137. The molecule has 21 heavy (non-hydrogen) atoms. The van der Waals surface area contributed by atoms with Gasteiger partial charge in [-0.2, -0.15) is 13.2 Å². The minimum Gasteiger partial charge on any atom is -0.349 e. The molecule has 0 aliphatic carbocycles. The van der Waals surface area contributed by atoms with Crippen molar-refractivity contribution in [1.29, 1.82) is 0 Å². The molecular weight excluding hydrogens is 330 g/mol. The van der Waals surface area contributed by atoms with Gasteiger partial charge in [0.25, 0.3) is 5.91 Å². The van der Waals surface area contributed by atoms with Crippen LogP contribution in [0.4, 0.5) is 13.2 Å². The molecule has 2 N–H and O–H groups in total. The number of rotatable bonds is 3. The number of nitrogens with zero attached hydrogens (tertiary/aromatic N) is 1. The molecule has 0 radical (unpaired) electrons. The molecule has 2 heterocycles. The first-order valence-electron chi connectivity index (χ1n) is 6.01. The molecule has 1 aromatic heterocycles. The summed E-state index contributed by atoms with van der Waals surface area (Å²) in [7, 11) is 0. The van der Waals surface area contributed by atoms with Crippen molar-refractivity contribution in [2.24, 2.45) is 0 Å². The van der Waals surface area contributed by atoms with Gasteiger partial charge in [0, 0.05) is 18.8 Å². The normalized spacial score (nSPS) is 17.6. The van der Waals surface area contributed by atoms with Gasteiger partial charge < -0.3 is 10.6 Å². The summed E-state index contributed by atoms with van der Waals surface area (Å²) in [6.45, 7) is 1.39. The Morgan fingerprint density at radius 1 is 1.38 bits per heavy atom. The summed E-state index contributed by atoms with van der Waals surface area (Å²) in [4.78, 5) is 15.2. The van der Waals surface area contributed by atoms with E-state index in [0.717, 1.165) is 31.5 Å². The average Bonchev–Trinajstić information content (AvgIpc) is 2.88. The smallest absolute Gasteiger partial charge is 0.349 e. The van der Waals surface area contributed by atoms with Crippen molar-refractivity contribution in [3.63, 3.8) is 0 Å². The van der Waals surface area contributed by atoms with Gasteiger partial charge in [0.2, 0.25) is 0 Å². The minimum atomic E-state index is -4.43. The van der Waals surface area contributed by atoms with E-state index in [2.05, 4.69) is 15.6 Å². The number of hydrogen-bond donors (Lipinski definition) is 2. The summed E-state index contributed by atoms with van der Waals surface area (Å²) in [5.41, 5.74) is -0.868. The second-order valence-electron chi connectivity index (χ2n) is 4.43. The maximum Gasteiger partial charge on any atom is 0.417 e. The van der Waals surface area contributed by atoms with Crippen LogP contribution < -0.4 is 10.6 Å². The van der Waals surface area contributed by atoms with Crippen LogP contribution in [0.3, 0.4) is 0 Å². The van der Waals surface area contributed by atoms with Crippen molar-refractivity contribution in [1.82, 2.24) is 15.6 Å². The third-order valence-electron chi connectivity index (χ3n) is 2.99. The second-order valence-corrected chi connectivity index (χ2v) is 4.43. The molecule has 0 saturated carbocycles. The predicted octanol–water partition coefficient (Wildman–Crippen LogP) is 2.43. The second kappa shape index (κ2) is 8.41. The lowest BCUT2D eigenvalue weighted by Crippen LogP contribution is -2.37. The lowest BCUT2D eigenvalue weighted by Gasteiger charge is -2.11. The highest BCUT2D eigenvalue weighted by Gasteiger charge is 2.30. The number of carbonyl (C=O) groups is 1. The quantitative estimate of drug-likeness (QED) is 0.884. The Hall–Kier alpha value is -1.05. The molecule has 9 heteroatoms. The number of carbonyl (C=O) groups excluding carboxylic acids is 1. The van der Waals surface area contributed by atoms with Crippen LogP contribution in [0.1, 0.15) is 28.9 Å². The van der Waals surface area contributed by atoms with Gasteiger partial charge in [-0.25, -0.2) is 0 Å². The van der Waals surface area contributed by atoms with Gasteiger partial charge >= 0.3 is 6.18 Å². The van der Waals surface area contributed by atoms with Crippen LogP contribution in [0.2, 0.25) is 0 Å². The molecule has 0 bridgehead atoms. The molecule has 120 valence electrons. The summed E-state index contributed by atoms with van der Waals surface area (Å²) < 4.78 is 37.0. The molecule has 1 amide bonds. The van der Waals surface area contributed by atoms with Crippen LogP contribution in [0.25, 0.3) is 0 Å². The van der Waals surface area contributed by atoms with Crippen molar-refractivity contribution in [3.8, 4) is 0 Å². The fraction of sp³-hybridized carbons (Fsp3) is 0.500. The first-order valence-corrected chi connectivity index (χ1v) is 6.01. The molecule has 1 fully saturated rings. The van der Waals surface area contributed by atoms with Gasteiger partial charge in [-0.1, -0.05) is 0 Å². The van der Waals surface area contributed by atoms with Gasteiger partial charge in [-0.05, 0) is 31.5 Å². The fourth-order valence-corrected chi connectivity index (χ4v) is 1.93. The Bertz CT molecular complexity index is 448. The van der Waals surface area contributed by atoms with Crippen molar-refractivity contribution in [3.05, 3.63) is 29.6 Å². The van der Waals surface area contributed by atoms with E-state index in [1.807, 2.05) is 0 Å². The first kappa shape index (κ1) is 19.9. The average molecular weight is 346 g/mol. The van der Waals surface area contributed by atoms with Crippen molar-refractivity contribution < 1.29 is 18.0 Å². The Morgan fingerprint density at radius 3 is 2.57 bits per heavy atom. The minimum absolute atomic E-state index is 0. The molecule has 0 aromatic carbocycles. The molecule has 4 nitrogen and oxygen atoms in total. The van der Waals surface area contributed by atoms with E-state index in [-0.39, 0.29) is 36.5 Å². The lowest BCUT2D eigenvalue weighted by atomic mass is 10.2. The van der Waals surface area contributed by atoms with Crippen LogP contribution in [0, 0.1) is 0 Å². The topological polar surface area (TPSA) is 54.0 Å². The third-order valence-corrected chi connectivity index (χ3v) is 2.99. The number of halogens is 5. The zero-order valence-electron chi connectivity index (χ0n) is 10.9. The SMILES string of the molecule is Cl.Cl.O=C(NCC1CCCN1)c1ccc(C(F)(F)F)cn1. The molecule has 1 aliphatic rings. The van der Waals surface area contributed by atoms with Crippen LogP contribution in [0.15, 0.2) is 18.3 Å². The van der Waals surface area contributed by atoms with E-state index < -0.39 is 17.6 Å².